The third-order valence-corrected chi connectivity index (χ3v) is 11.6. The van der Waals surface area contributed by atoms with Gasteiger partial charge in [0.25, 0.3) is 0 Å². The molecule has 9 aromatic carbocycles. The largest absolute Gasteiger partial charge is 0.308 e. The van der Waals surface area contributed by atoms with E-state index in [1.807, 2.05) is 6.07 Å². The van der Waals surface area contributed by atoms with Crippen molar-refractivity contribution in [2.24, 2.45) is 0 Å². The normalized spacial score (nSPS) is 11.3. The minimum absolute atomic E-state index is 0.674. The molecule has 0 radical (unpaired) electrons. The van der Waals surface area contributed by atoms with E-state index in [1.54, 1.807) is 0 Å². The fraction of sp³-hybridized carbons (Fsp3) is 0. The Kier molecular flexibility index (Phi) is 9.18. The van der Waals surface area contributed by atoms with Gasteiger partial charge in [-0.3, -0.25) is 0 Å². The molecule has 0 aliphatic heterocycles. The summed E-state index contributed by atoms with van der Waals surface area (Å²) in [6.07, 6.45) is 0. The van der Waals surface area contributed by atoms with Gasteiger partial charge in [-0.15, -0.1) is 0 Å². The molecular weight excluding hydrogens is 739 g/mol. The highest BCUT2D eigenvalue weighted by Crippen LogP contribution is 2.44. The van der Waals surface area contributed by atoms with E-state index < -0.39 is 0 Å². The van der Waals surface area contributed by atoms with Gasteiger partial charge in [0.1, 0.15) is 0 Å². The summed E-state index contributed by atoms with van der Waals surface area (Å²) in [6, 6.07) is 84.1. The first kappa shape index (κ1) is 36.0. The van der Waals surface area contributed by atoms with E-state index in [9.17, 15) is 0 Å². The fourth-order valence-corrected chi connectivity index (χ4v) is 8.64. The van der Waals surface area contributed by atoms with Gasteiger partial charge in [-0.1, -0.05) is 206 Å². The fourth-order valence-electron chi connectivity index (χ4n) is 8.64. The highest BCUT2D eigenvalue weighted by molar-refractivity contribution is 6.11. The molecule has 0 saturated heterocycles. The summed E-state index contributed by atoms with van der Waals surface area (Å²) in [5.41, 5.74) is 17.3. The van der Waals surface area contributed by atoms with Crippen LogP contribution in [0.4, 0.5) is 0 Å². The minimum Gasteiger partial charge on any atom is -0.308 e. The summed E-state index contributed by atoms with van der Waals surface area (Å²) in [7, 11) is 0. The number of aromatic nitrogens is 3. The quantitative estimate of drug-likeness (QED) is 0.154. The van der Waals surface area contributed by atoms with E-state index in [-0.39, 0.29) is 0 Å². The van der Waals surface area contributed by atoms with Crippen LogP contribution in [0.1, 0.15) is 0 Å². The minimum atomic E-state index is 0.674. The highest BCUT2D eigenvalue weighted by Gasteiger charge is 2.22. The average Bonchev–Trinajstić information content (AvgIpc) is 3.68. The van der Waals surface area contributed by atoms with Crippen molar-refractivity contribution in [3.05, 3.63) is 237 Å². The van der Waals surface area contributed by atoms with Crippen molar-refractivity contribution in [3.8, 4) is 84.1 Å². The molecule has 0 bridgehead atoms. The van der Waals surface area contributed by atoms with Gasteiger partial charge in [0.15, 0.2) is 5.82 Å². The molecule has 0 aliphatic carbocycles. The number of para-hydroxylation sites is 2. The van der Waals surface area contributed by atoms with Crippen LogP contribution in [0.25, 0.3) is 106 Å². The molecule has 286 valence electrons. The van der Waals surface area contributed by atoms with Crippen LogP contribution in [0.15, 0.2) is 237 Å². The number of rotatable bonds is 8. The molecular formula is C58H39N3. The molecule has 61 heavy (non-hydrogen) atoms. The highest BCUT2D eigenvalue weighted by atomic mass is 15.0. The summed E-state index contributed by atoms with van der Waals surface area (Å²) in [5.74, 6) is 0.674. The predicted molar refractivity (Wildman–Crippen MR) is 254 cm³/mol. The molecule has 2 aromatic heterocycles. The molecule has 2 heterocycles. The third kappa shape index (κ3) is 6.78. The lowest BCUT2D eigenvalue weighted by atomic mass is 9.91. The Labute approximate surface area is 355 Å². The van der Waals surface area contributed by atoms with Crippen LogP contribution in [-0.4, -0.2) is 14.5 Å². The first-order valence-corrected chi connectivity index (χ1v) is 20.7. The van der Waals surface area contributed by atoms with Gasteiger partial charge in [-0.05, 0) is 63.7 Å². The van der Waals surface area contributed by atoms with Gasteiger partial charge in [0.05, 0.1) is 28.1 Å². The van der Waals surface area contributed by atoms with Crippen LogP contribution in [0.5, 0.6) is 0 Å². The van der Waals surface area contributed by atoms with Crippen molar-refractivity contribution < 1.29 is 0 Å². The van der Waals surface area contributed by atoms with Crippen molar-refractivity contribution in [3.63, 3.8) is 0 Å². The molecule has 11 rings (SSSR count). The van der Waals surface area contributed by atoms with Crippen LogP contribution in [-0.2, 0) is 0 Å². The second kappa shape index (κ2) is 15.6. The maximum Gasteiger partial charge on any atom is 0.160 e. The molecule has 3 nitrogen and oxygen atoms in total. The predicted octanol–water partition coefficient (Wildman–Crippen LogP) is 15.2. The molecule has 0 unspecified atom stereocenters. The maximum absolute atomic E-state index is 5.41. The Morgan fingerprint density at radius 1 is 0.262 bits per heavy atom. The van der Waals surface area contributed by atoms with Crippen LogP contribution in [0, 0.1) is 0 Å². The van der Waals surface area contributed by atoms with E-state index in [0.717, 1.165) is 78.2 Å². The van der Waals surface area contributed by atoms with Crippen LogP contribution >= 0.6 is 0 Å². The molecule has 3 heteroatoms. The van der Waals surface area contributed by atoms with Gasteiger partial charge in [-0.25, -0.2) is 9.97 Å². The SMILES string of the molecule is c1ccc(-c2ccc(-c3cc(-c4cc(-c5ccccc5)c(-n5c6ccccc6c6ccccc65)c(-c5ccccc5)c4)nc(-c4ccc(-c5ccccc5)cc4)n3)cc2)cc1. The van der Waals surface area contributed by atoms with Crippen molar-refractivity contribution in [2.45, 2.75) is 0 Å². The number of hydrogen-bond acceptors (Lipinski definition) is 2. The number of benzene rings is 9. The molecule has 0 fully saturated rings. The second-order valence-electron chi connectivity index (χ2n) is 15.4. The van der Waals surface area contributed by atoms with Gasteiger partial charge < -0.3 is 4.57 Å². The zero-order chi connectivity index (χ0) is 40.5. The summed E-state index contributed by atoms with van der Waals surface area (Å²) < 4.78 is 2.46. The molecule has 0 aliphatic rings. The molecule has 0 atom stereocenters. The molecule has 11 aromatic rings. The smallest absolute Gasteiger partial charge is 0.160 e. The van der Waals surface area contributed by atoms with Crippen molar-refractivity contribution >= 4 is 21.8 Å². The third-order valence-electron chi connectivity index (χ3n) is 11.6. The zero-order valence-corrected chi connectivity index (χ0v) is 33.4. The Morgan fingerprint density at radius 3 is 1.07 bits per heavy atom. The Balaban J connectivity index is 1.16. The van der Waals surface area contributed by atoms with Crippen molar-refractivity contribution in [2.75, 3.05) is 0 Å². The second-order valence-corrected chi connectivity index (χ2v) is 15.4. The summed E-state index contributed by atoms with van der Waals surface area (Å²) in [6.45, 7) is 0. The maximum atomic E-state index is 5.41. The van der Waals surface area contributed by atoms with Gasteiger partial charge in [0.2, 0.25) is 0 Å². The Morgan fingerprint density at radius 2 is 0.607 bits per heavy atom. The molecule has 0 amide bonds. The average molecular weight is 778 g/mol. The number of nitrogens with zero attached hydrogens (tertiary/aromatic N) is 3. The van der Waals surface area contributed by atoms with E-state index in [1.165, 1.54) is 21.9 Å². The van der Waals surface area contributed by atoms with E-state index in [0.29, 0.717) is 5.82 Å². The monoisotopic (exact) mass is 777 g/mol. The molecule has 0 saturated carbocycles. The molecule has 0 spiro atoms. The van der Waals surface area contributed by atoms with E-state index in [4.69, 9.17) is 9.97 Å². The van der Waals surface area contributed by atoms with Gasteiger partial charge >= 0.3 is 0 Å². The summed E-state index contributed by atoms with van der Waals surface area (Å²) >= 11 is 0. The Hall–Kier alpha value is -8.14. The lowest BCUT2D eigenvalue weighted by molar-refractivity contribution is 1.17. The van der Waals surface area contributed by atoms with E-state index in [2.05, 4.69) is 235 Å². The first-order valence-electron chi connectivity index (χ1n) is 20.7. The lowest BCUT2D eigenvalue weighted by Crippen LogP contribution is -2.02. The Bertz CT molecular complexity index is 3090. The van der Waals surface area contributed by atoms with Gasteiger partial charge in [0, 0.05) is 38.6 Å². The van der Waals surface area contributed by atoms with Crippen LogP contribution in [0.3, 0.4) is 0 Å². The van der Waals surface area contributed by atoms with Crippen molar-refractivity contribution in [1.29, 1.82) is 0 Å². The first-order chi connectivity index (χ1) is 30.2. The van der Waals surface area contributed by atoms with Crippen LogP contribution < -0.4 is 0 Å². The standard InChI is InChI=1S/C58H39N3/c1-5-17-40(18-6-1)42-29-33-46(34-30-42)53-39-54(60-58(59-53)47-35-31-43(32-36-47)41-19-7-2-8-20-41)48-37-51(44-21-9-3-10-22-44)57(52(38-48)45-23-11-4-12-24-45)61-55-27-15-13-25-49(55)50-26-14-16-28-56(50)61/h1-39H. The van der Waals surface area contributed by atoms with E-state index >= 15 is 0 Å². The number of fused-ring (bicyclic) bond motifs is 3. The van der Waals surface area contributed by atoms with Gasteiger partial charge in [-0.2, -0.15) is 0 Å². The summed E-state index contributed by atoms with van der Waals surface area (Å²) in [5, 5.41) is 2.45. The number of hydrogen-bond donors (Lipinski definition) is 0. The lowest BCUT2D eigenvalue weighted by Gasteiger charge is -2.21. The van der Waals surface area contributed by atoms with Crippen LogP contribution in [0.2, 0.25) is 0 Å². The topological polar surface area (TPSA) is 30.7 Å². The summed E-state index contributed by atoms with van der Waals surface area (Å²) in [4.78, 5) is 10.7. The zero-order valence-electron chi connectivity index (χ0n) is 33.4. The van der Waals surface area contributed by atoms with Crippen molar-refractivity contribution in [1.82, 2.24) is 14.5 Å². The molecule has 0 N–H and O–H groups in total.